The first-order valence-electron chi connectivity index (χ1n) is 14.4. The van der Waals surface area contributed by atoms with E-state index < -0.39 is 11.8 Å². The molecule has 0 aliphatic carbocycles. The number of ether oxygens (including phenoxy) is 1. The monoisotopic (exact) mass is 599 g/mol. The first-order valence-corrected chi connectivity index (χ1v) is 15.3. The SMILES string of the molecule is N#Cc1c(-c2ccc(OC(=O)c3ccccc3)cc2F)nc2[nH]nc(-c3cccs3)c2c1-c1ccc(N2CCCCC2)cc1. The third-order valence-corrected chi connectivity index (χ3v) is 8.74. The van der Waals surface area contributed by atoms with Gasteiger partial charge in [0.1, 0.15) is 23.3 Å². The molecule has 0 amide bonds. The summed E-state index contributed by atoms with van der Waals surface area (Å²) in [4.78, 5) is 20.6. The fraction of sp³-hybridized carbons (Fsp3) is 0.143. The van der Waals surface area contributed by atoms with Crippen LogP contribution in [0.1, 0.15) is 35.2 Å². The van der Waals surface area contributed by atoms with Gasteiger partial charge in [-0.25, -0.2) is 14.2 Å². The Balaban J connectivity index is 1.35. The Morgan fingerprint density at radius 3 is 2.45 bits per heavy atom. The van der Waals surface area contributed by atoms with Crippen LogP contribution in [0.4, 0.5) is 10.1 Å². The molecule has 1 fully saturated rings. The van der Waals surface area contributed by atoms with Crippen molar-refractivity contribution in [2.45, 2.75) is 19.3 Å². The molecule has 0 spiro atoms. The van der Waals surface area contributed by atoms with Crippen LogP contribution in [0.3, 0.4) is 0 Å². The largest absolute Gasteiger partial charge is 0.423 e. The van der Waals surface area contributed by atoms with Gasteiger partial charge in [0.2, 0.25) is 0 Å². The minimum absolute atomic E-state index is 0.0507. The molecule has 3 aromatic carbocycles. The Bertz CT molecular complexity index is 2010. The highest BCUT2D eigenvalue weighted by Crippen LogP contribution is 2.42. The molecule has 0 saturated carbocycles. The fourth-order valence-electron chi connectivity index (χ4n) is 5.73. The van der Waals surface area contributed by atoms with Crippen molar-refractivity contribution in [1.82, 2.24) is 15.2 Å². The second-order valence-corrected chi connectivity index (χ2v) is 11.5. The number of nitrogens with one attached hydrogen (secondary N) is 1. The van der Waals surface area contributed by atoms with Crippen molar-refractivity contribution in [3.63, 3.8) is 0 Å². The second kappa shape index (κ2) is 11.7. The molecule has 44 heavy (non-hydrogen) atoms. The summed E-state index contributed by atoms with van der Waals surface area (Å²) in [6.07, 6.45) is 3.59. The first-order chi connectivity index (χ1) is 21.6. The lowest BCUT2D eigenvalue weighted by atomic mass is 9.92. The lowest BCUT2D eigenvalue weighted by molar-refractivity contribution is 0.0734. The number of carbonyl (C=O) groups is 1. The lowest BCUT2D eigenvalue weighted by Gasteiger charge is -2.29. The van der Waals surface area contributed by atoms with Crippen molar-refractivity contribution in [3.8, 4) is 44.8 Å². The van der Waals surface area contributed by atoms with E-state index in [0.29, 0.717) is 27.9 Å². The Morgan fingerprint density at radius 1 is 0.955 bits per heavy atom. The van der Waals surface area contributed by atoms with Gasteiger partial charge in [-0.2, -0.15) is 10.4 Å². The third kappa shape index (κ3) is 5.10. The number of nitriles is 1. The molecule has 0 bridgehead atoms. The smallest absolute Gasteiger partial charge is 0.343 e. The number of pyridine rings is 1. The molecule has 3 aromatic heterocycles. The zero-order valence-electron chi connectivity index (χ0n) is 23.6. The number of esters is 1. The molecule has 0 unspecified atom stereocenters. The first kappa shape index (κ1) is 27.5. The molecular weight excluding hydrogens is 573 g/mol. The highest BCUT2D eigenvalue weighted by molar-refractivity contribution is 7.13. The number of carbonyl (C=O) groups excluding carboxylic acids is 1. The zero-order valence-corrected chi connectivity index (χ0v) is 24.4. The molecule has 7 nitrogen and oxygen atoms in total. The summed E-state index contributed by atoms with van der Waals surface area (Å²) >= 11 is 1.54. The van der Waals surface area contributed by atoms with Crippen LogP contribution in [0.5, 0.6) is 5.75 Å². The third-order valence-electron chi connectivity index (χ3n) is 7.87. The Morgan fingerprint density at radius 2 is 1.75 bits per heavy atom. The van der Waals surface area contributed by atoms with Crippen molar-refractivity contribution in [2.24, 2.45) is 0 Å². The summed E-state index contributed by atoms with van der Waals surface area (Å²) in [6.45, 7) is 2.04. The maximum Gasteiger partial charge on any atom is 0.343 e. The molecule has 0 radical (unpaired) electrons. The standard InChI is InChI=1S/C35H26FN5O2S/c36-28-20-25(43-35(42)23-8-3-1-4-9-23)15-16-26(28)32-27(21-37)30(22-11-13-24(14-12-22)41-17-5-2-6-18-41)31-33(29-10-7-19-44-29)39-40-34(31)38-32/h1,3-4,7-16,19-20H,2,5-6,17-18H2,(H,38,39,40). The van der Waals surface area contributed by atoms with E-state index in [-0.39, 0.29) is 22.6 Å². The van der Waals surface area contributed by atoms with Gasteiger partial charge in [0.25, 0.3) is 0 Å². The van der Waals surface area contributed by atoms with Gasteiger partial charge in [-0.1, -0.05) is 36.4 Å². The van der Waals surface area contributed by atoms with E-state index in [9.17, 15) is 10.1 Å². The molecule has 7 rings (SSSR count). The summed E-state index contributed by atoms with van der Waals surface area (Å²) in [7, 11) is 0. The Kier molecular flexibility index (Phi) is 7.34. The van der Waals surface area contributed by atoms with Crippen molar-refractivity contribution in [3.05, 3.63) is 107 Å². The van der Waals surface area contributed by atoms with Gasteiger partial charge in [0, 0.05) is 36.0 Å². The van der Waals surface area contributed by atoms with Crippen LogP contribution in [-0.4, -0.2) is 34.2 Å². The lowest BCUT2D eigenvalue weighted by Crippen LogP contribution is -2.29. The number of fused-ring (bicyclic) bond motifs is 1. The predicted octanol–water partition coefficient (Wildman–Crippen LogP) is 8.24. The van der Waals surface area contributed by atoms with Gasteiger partial charge in [0.15, 0.2) is 5.65 Å². The number of aromatic nitrogens is 3. The topological polar surface area (TPSA) is 94.9 Å². The average molecular weight is 600 g/mol. The van der Waals surface area contributed by atoms with Crippen molar-refractivity contribution < 1.29 is 13.9 Å². The Hall–Kier alpha value is -5.33. The molecule has 6 aromatic rings. The number of aromatic amines is 1. The number of piperidine rings is 1. The Labute approximate surface area is 257 Å². The van der Waals surface area contributed by atoms with Crippen molar-refractivity contribution >= 4 is 34.0 Å². The van der Waals surface area contributed by atoms with E-state index in [4.69, 9.17) is 9.72 Å². The van der Waals surface area contributed by atoms with Crippen LogP contribution in [0.15, 0.2) is 90.3 Å². The maximum absolute atomic E-state index is 15.8. The molecule has 9 heteroatoms. The quantitative estimate of drug-likeness (QED) is 0.153. The van der Waals surface area contributed by atoms with Crippen molar-refractivity contribution in [1.29, 1.82) is 5.26 Å². The summed E-state index contributed by atoms with van der Waals surface area (Å²) in [5, 5.41) is 20.8. The van der Waals surface area contributed by atoms with Crippen molar-refractivity contribution in [2.75, 3.05) is 18.0 Å². The predicted molar refractivity (Wildman–Crippen MR) is 170 cm³/mol. The number of benzene rings is 3. The number of H-pyrrole nitrogens is 1. The molecule has 216 valence electrons. The molecule has 1 aliphatic heterocycles. The van der Waals surface area contributed by atoms with Crippen LogP contribution in [0.25, 0.3) is 44.0 Å². The number of thiophene rings is 1. The van der Waals surface area contributed by atoms with E-state index in [1.165, 1.54) is 31.4 Å². The number of hydrogen-bond donors (Lipinski definition) is 1. The minimum atomic E-state index is -0.670. The number of hydrogen-bond acceptors (Lipinski definition) is 7. The molecular formula is C35H26FN5O2S. The molecule has 0 atom stereocenters. The van der Waals surface area contributed by atoms with Crippen LogP contribution in [-0.2, 0) is 0 Å². The number of halogens is 1. The van der Waals surface area contributed by atoms with Gasteiger partial charge in [-0.3, -0.25) is 5.10 Å². The van der Waals surface area contributed by atoms with Gasteiger partial charge in [0.05, 0.1) is 27.1 Å². The highest BCUT2D eigenvalue weighted by atomic mass is 32.1. The summed E-state index contributed by atoms with van der Waals surface area (Å²) in [5.74, 6) is -1.21. The number of anilines is 1. The minimum Gasteiger partial charge on any atom is -0.423 e. The maximum atomic E-state index is 15.8. The fourth-order valence-corrected chi connectivity index (χ4v) is 6.45. The normalized spacial score (nSPS) is 13.1. The molecule has 1 N–H and O–H groups in total. The molecule has 1 saturated heterocycles. The summed E-state index contributed by atoms with van der Waals surface area (Å²) in [6, 6.07) is 27.0. The van der Waals surface area contributed by atoms with E-state index >= 15 is 4.39 Å². The van der Waals surface area contributed by atoms with Gasteiger partial charge in [-0.05, 0) is 72.7 Å². The average Bonchev–Trinajstić information content (AvgIpc) is 3.75. The van der Waals surface area contributed by atoms with Gasteiger partial charge in [-0.15, -0.1) is 11.3 Å². The number of rotatable bonds is 6. The van der Waals surface area contributed by atoms with Gasteiger partial charge < -0.3 is 9.64 Å². The second-order valence-electron chi connectivity index (χ2n) is 10.6. The van der Waals surface area contributed by atoms with Crippen LogP contribution in [0.2, 0.25) is 0 Å². The van der Waals surface area contributed by atoms with E-state index in [1.54, 1.807) is 41.7 Å². The van der Waals surface area contributed by atoms with Gasteiger partial charge >= 0.3 is 5.97 Å². The molecule has 1 aliphatic rings. The van der Waals surface area contributed by atoms with Crippen LogP contribution in [0, 0.1) is 17.1 Å². The molecule has 4 heterocycles. The summed E-state index contributed by atoms with van der Waals surface area (Å²) in [5.41, 5.74) is 4.58. The van der Waals surface area contributed by atoms with Crippen LogP contribution >= 0.6 is 11.3 Å². The van der Waals surface area contributed by atoms with E-state index in [0.717, 1.165) is 35.3 Å². The summed E-state index contributed by atoms with van der Waals surface area (Å²) < 4.78 is 21.2. The van der Waals surface area contributed by atoms with Crippen LogP contribution < -0.4 is 9.64 Å². The highest BCUT2D eigenvalue weighted by Gasteiger charge is 2.25. The number of nitrogens with zero attached hydrogens (tertiary/aromatic N) is 4. The van der Waals surface area contributed by atoms with E-state index in [1.807, 2.05) is 29.6 Å². The zero-order chi connectivity index (χ0) is 30.0. The van der Waals surface area contributed by atoms with E-state index in [2.05, 4.69) is 33.3 Å².